The van der Waals surface area contributed by atoms with Crippen molar-refractivity contribution in [1.82, 2.24) is 9.13 Å². The monoisotopic (exact) mass is 605 g/mol. The average Bonchev–Trinajstić information content (AvgIpc) is 3.56. The molecule has 46 heavy (non-hydrogen) atoms. The van der Waals surface area contributed by atoms with Crippen molar-refractivity contribution < 1.29 is 13.2 Å². The standard InChI is InChI=1S/C40H26F3N3/c1-24-16-18-36-30(20-24)27-11-5-8-14-34(27)45(36)38-22-29(26-10-4-7-13-32(26)40(41,42)43)33(44-3)23-39(38)46-35-15-9-6-12-28(35)31-21-25(2)17-19-37(31)46/h4-23H,1-2H3. The van der Waals surface area contributed by atoms with Crippen LogP contribution in [0.5, 0.6) is 0 Å². The summed E-state index contributed by atoms with van der Waals surface area (Å²) in [6.45, 7) is 12.3. The van der Waals surface area contributed by atoms with E-state index < -0.39 is 11.7 Å². The van der Waals surface area contributed by atoms with Crippen LogP contribution in [0.25, 0.3) is 71.0 Å². The molecule has 0 aliphatic carbocycles. The second-order valence-corrected chi connectivity index (χ2v) is 11.8. The van der Waals surface area contributed by atoms with E-state index in [4.69, 9.17) is 6.57 Å². The van der Waals surface area contributed by atoms with Crippen molar-refractivity contribution in [2.75, 3.05) is 0 Å². The molecular weight excluding hydrogens is 579 g/mol. The number of para-hydroxylation sites is 2. The number of rotatable bonds is 3. The molecule has 0 bridgehead atoms. The van der Waals surface area contributed by atoms with Crippen molar-refractivity contribution in [1.29, 1.82) is 0 Å². The molecule has 8 aromatic rings. The molecule has 2 heterocycles. The Kier molecular flexibility index (Phi) is 6.10. The van der Waals surface area contributed by atoms with Crippen molar-refractivity contribution >= 4 is 49.3 Å². The summed E-state index contributed by atoms with van der Waals surface area (Å²) in [5, 5.41) is 4.21. The molecule has 0 aliphatic heterocycles. The van der Waals surface area contributed by atoms with Gasteiger partial charge >= 0.3 is 6.18 Å². The van der Waals surface area contributed by atoms with Crippen LogP contribution in [-0.4, -0.2) is 9.13 Å². The fraction of sp³-hybridized carbons (Fsp3) is 0.0750. The van der Waals surface area contributed by atoms with Gasteiger partial charge in [0, 0.05) is 21.5 Å². The van der Waals surface area contributed by atoms with E-state index in [1.165, 1.54) is 12.1 Å². The predicted octanol–water partition coefficient (Wildman–Crippen LogP) is 11.7. The van der Waals surface area contributed by atoms with Crippen LogP contribution >= 0.6 is 0 Å². The van der Waals surface area contributed by atoms with Gasteiger partial charge in [0.05, 0.1) is 45.6 Å². The van der Waals surface area contributed by atoms with Crippen LogP contribution in [0.1, 0.15) is 16.7 Å². The zero-order chi connectivity index (χ0) is 31.7. The van der Waals surface area contributed by atoms with Gasteiger partial charge in [-0.25, -0.2) is 4.85 Å². The van der Waals surface area contributed by atoms with E-state index in [0.29, 0.717) is 11.4 Å². The number of nitrogens with zero attached hydrogens (tertiary/aromatic N) is 3. The summed E-state index contributed by atoms with van der Waals surface area (Å²) in [5.41, 5.74) is 6.93. The normalized spacial score (nSPS) is 12.0. The number of aromatic nitrogens is 2. The molecule has 6 heteroatoms. The highest BCUT2D eigenvalue weighted by Crippen LogP contribution is 2.46. The van der Waals surface area contributed by atoms with Gasteiger partial charge in [0.1, 0.15) is 0 Å². The van der Waals surface area contributed by atoms with Crippen LogP contribution in [0.15, 0.2) is 121 Å². The number of benzene rings is 6. The minimum absolute atomic E-state index is 0.0248. The lowest BCUT2D eigenvalue weighted by Gasteiger charge is -2.21. The first-order valence-electron chi connectivity index (χ1n) is 15.0. The first-order valence-corrected chi connectivity index (χ1v) is 15.0. The minimum atomic E-state index is -4.59. The number of halogens is 3. The molecule has 0 spiro atoms. The summed E-state index contributed by atoms with van der Waals surface area (Å²) >= 11 is 0. The molecule has 6 aromatic carbocycles. The zero-order valence-corrected chi connectivity index (χ0v) is 25.0. The smallest absolute Gasteiger partial charge is 0.308 e. The van der Waals surface area contributed by atoms with Crippen molar-refractivity contribution in [3.8, 4) is 22.5 Å². The van der Waals surface area contributed by atoms with Gasteiger partial charge in [-0.2, -0.15) is 13.2 Å². The Morgan fingerprint density at radius 3 is 1.54 bits per heavy atom. The van der Waals surface area contributed by atoms with E-state index in [1.54, 1.807) is 18.2 Å². The molecule has 0 fully saturated rings. The Balaban J connectivity index is 1.59. The van der Waals surface area contributed by atoms with Gasteiger partial charge in [-0.05, 0) is 79.6 Å². The summed E-state index contributed by atoms with van der Waals surface area (Å²) < 4.78 is 47.5. The van der Waals surface area contributed by atoms with Crippen molar-refractivity contribution in [2.45, 2.75) is 20.0 Å². The molecule has 222 valence electrons. The Morgan fingerprint density at radius 2 is 1.00 bits per heavy atom. The highest BCUT2D eigenvalue weighted by atomic mass is 19.4. The second-order valence-electron chi connectivity index (χ2n) is 11.8. The quantitative estimate of drug-likeness (QED) is 0.178. The maximum atomic E-state index is 14.4. The van der Waals surface area contributed by atoms with Crippen molar-refractivity contribution in [3.05, 3.63) is 149 Å². The maximum Gasteiger partial charge on any atom is 0.416 e. The average molecular weight is 606 g/mol. The van der Waals surface area contributed by atoms with Gasteiger partial charge in [0.25, 0.3) is 0 Å². The van der Waals surface area contributed by atoms with Crippen molar-refractivity contribution in [3.63, 3.8) is 0 Å². The number of alkyl halides is 3. The lowest BCUT2D eigenvalue weighted by molar-refractivity contribution is -0.137. The summed E-state index contributed by atoms with van der Waals surface area (Å²) in [4.78, 5) is 3.83. The molecule has 2 aromatic heterocycles. The van der Waals surface area contributed by atoms with Gasteiger partial charge in [-0.15, -0.1) is 0 Å². The topological polar surface area (TPSA) is 14.2 Å². The molecule has 3 nitrogen and oxygen atoms in total. The molecule has 0 amide bonds. The lowest BCUT2D eigenvalue weighted by Crippen LogP contribution is -2.08. The van der Waals surface area contributed by atoms with Crippen LogP contribution in [0.3, 0.4) is 0 Å². The fourth-order valence-electron chi connectivity index (χ4n) is 6.89. The first kappa shape index (κ1) is 27.7. The molecule has 0 unspecified atom stereocenters. The number of hydrogen-bond acceptors (Lipinski definition) is 0. The third kappa shape index (κ3) is 4.13. The maximum absolute atomic E-state index is 14.4. The minimum Gasteiger partial charge on any atom is -0.308 e. The van der Waals surface area contributed by atoms with Gasteiger partial charge in [-0.1, -0.05) is 77.9 Å². The van der Waals surface area contributed by atoms with E-state index in [-0.39, 0.29) is 16.8 Å². The summed E-state index contributed by atoms with van der Waals surface area (Å²) in [6.07, 6.45) is -4.59. The Labute approximate surface area is 263 Å². The second kappa shape index (κ2) is 10.1. The number of fused-ring (bicyclic) bond motifs is 6. The van der Waals surface area contributed by atoms with Gasteiger partial charge in [-0.3, -0.25) is 0 Å². The Hall–Kier alpha value is -5.80. The molecule has 0 atom stereocenters. The van der Waals surface area contributed by atoms with Crippen LogP contribution in [0, 0.1) is 20.4 Å². The van der Waals surface area contributed by atoms with E-state index in [0.717, 1.165) is 60.8 Å². The Morgan fingerprint density at radius 1 is 0.522 bits per heavy atom. The Bertz CT molecular complexity index is 2560. The summed E-state index contributed by atoms with van der Waals surface area (Å²) in [7, 11) is 0. The third-order valence-corrected chi connectivity index (χ3v) is 8.87. The van der Waals surface area contributed by atoms with E-state index >= 15 is 0 Å². The highest BCUT2D eigenvalue weighted by molar-refractivity contribution is 6.12. The van der Waals surface area contributed by atoms with Gasteiger partial charge < -0.3 is 9.13 Å². The molecule has 8 rings (SSSR count). The number of aryl methyl sites for hydroxylation is 2. The van der Waals surface area contributed by atoms with E-state index in [2.05, 4.69) is 63.4 Å². The van der Waals surface area contributed by atoms with Crippen LogP contribution in [-0.2, 0) is 6.18 Å². The fourth-order valence-corrected chi connectivity index (χ4v) is 6.89. The third-order valence-electron chi connectivity index (χ3n) is 8.87. The van der Waals surface area contributed by atoms with Crippen LogP contribution in [0.2, 0.25) is 0 Å². The van der Waals surface area contributed by atoms with E-state index in [1.807, 2.05) is 49.4 Å². The first-order chi connectivity index (χ1) is 22.2. The zero-order valence-electron chi connectivity index (χ0n) is 25.0. The van der Waals surface area contributed by atoms with E-state index in [9.17, 15) is 13.2 Å². The molecule has 0 saturated heterocycles. The van der Waals surface area contributed by atoms with Crippen LogP contribution < -0.4 is 0 Å². The van der Waals surface area contributed by atoms with Gasteiger partial charge in [0.2, 0.25) is 0 Å². The highest BCUT2D eigenvalue weighted by Gasteiger charge is 2.34. The number of hydrogen-bond donors (Lipinski definition) is 0. The lowest BCUT2D eigenvalue weighted by atomic mass is 9.96. The SMILES string of the molecule is [C-]#[N+]c1cc(-n2c3ccccc3c3cc(C)ccc32)c(-n2c3ccccc3c3cc(C)ccc32)cc1-c1ccccc1C(F)(F)F. The predicted molar refractivity (Wildman–Crippen MR) is 181 cm³/mol. The summed E-state index contributed by atoms with van der Waals surface area (Å²) in [6, 6.07) is 37.8. The molecule has 0 radical (unpaired) electrons. The summed E-state index contributed by atoms with van der Waals surface area (Å²) in [5.74, 6) is 0. The largest absolute Gasteiger partial charge is 0.416 e. The molecule has 0 N–H and O–H groups in total. The van der Waals surface area contributed by atoms with Gasteiger partial charge in [0.15, 0.2) is 5.69 Å². The van der Waals surface area contributed by atoms with Crippen molar-refractivity contribution in [2.24, 2.45) is 0 Å². The molecular formula is C40H26F3N3. The van der Waals surface area contributed by atoms with Crippen LogP contribution in [0.4, 0.5) is 18.9 Å². The molecule has 0 saturated carbocycles. The molecule has 0 aliphatic rings.